The van der Waals surface area contributed by atoms with Crippen molar-refractivity contribution in [2.24, 2.45) is 0 Å². The molecule has 1 heterocycles. The van der Waals surface area contributed by atoms with E-state index in [4.69, 9.17) is 9.94 Å². The number of halogens is 1. The molecule has 2 N–H and O–H groups in total. The van der Waals surface area contributed by atoms with Crippen LogP contribution in [0.4, 0.5) is 4.39 Å². The number of rotatable bonds is 3. The van der Waals surface area contributed by atoms with Gasteiger partial charge in [0.15, 0.2) is 5.54 Å². The van der Waals surface area contributed by atoms with Crippen LogP contribution >= 0.6 is 0 Å². The van der Waals surface area contributed by atoms with E-state index in [0.717, 1.165) is 0 Å². The Bertz CT molecular complexity index is 447. The molecule has 84 valence electrons. The molecule has 0 saturated carbocycles. The number of carboxylic acid groups (broad SMARTS) is 1. The van der Waals surface area contributed by atoms with Crippen LogP contribution in [0.2, 0.25) is 0 Å². The van der Waals surface area contributed by atoms with Crippen LogP contribution in [-0.2, 0) is 16.1 Å². The van der Waals surface area contributed by atoms with Gasteiger partial charge in [0.25, 0.3) is 0 Å². The molecular weight excluding hydrogens is 213 g/mol. The third-order valence-corrected chi connectivity index (χ3v) is 2.42. The zero-order valence-electron chi connectivity index (χ0n) is 8.31. The van der Waals surface area contributed by atoms with Gasteiger partial charge in [-0.15, -0.1) is 5.48 Å². The smallest absolute Gasteiger partial charge is 0.331 e. The van der Waals surface area contributed by atoms with Crippen LogP contribution in [0.5, 0.6) is 0 Å². The van der Waals surface area contributed by atoms with Gasteiger partial charge in [-0.25, -0.2) is 9.18 Å². The first kappa shape index (κ1) is 10.6. The van der Waals surface area contributed by atoms with Crippen LogP contribution in [0.25, 0.3) is 0 Å². The summed E-state index contributed by atoms with van der Waals surface area (Å²) in [6, 6.07) is 5.82. The Hall–Kier alpha value is -1.88. The van der Waals surface area contributed by atoms with E-state index in [0.29, 0.717) is 5.56 Å². The van der Waals surface area contributed by atoms with Crippen molar-refractivity contribution in [3.8, 4) is 0 Å². The summed E-state index contributed by atoms with van der Waals surface area (Å²) in [6.45, 7) is 0. The van der Waals surface area contributed by atoms with Gasteiger partial charge in [-0.3, -0.25) is 0 Å². The predicted octanol–water partition coefficient (Wildman–Crippen LogP) is 1.24. The quantitative estimate of drug-likeness (QED) is 0.809. The van der Waals surface area contributed by atoms with E-state index in [-0.39, 0.29) is 12.2 Å². The Balaban J connectivity index is 2.25. The zero-order valence-corrected chi connectivity index (χ0v) is 8.31. The number of benzene rings is 1. The first-order valence-electron chi connectivity index (χ1n) is 4.71. The predicted molar refractivity (Wildman–Crippen MR) is 53.8 cm³/mol. The molecule has 0 bridgehead atoms. The molecule has 0 aromatic heterocycles. The summed E-state index contributed by atoms with van der Waals surface area (Å²) in [7, 11) is 0. The minimum atomic E-state index is -1.31. The van der Waals surface area contributed by atoms with Crippen molar-refractivity contribution in [3.05, 3.63) is 48.0 Å². The van der Waals surface area contributed by atoms with Crippen molar-refractivity contribution in [3.63, 3.8) is 0 Å². The third kappa shape index (κ3) is 1.90. The number of hydroxylamine groups is 1. The molecule has 1 aliphatic heterocycles. The van der Waals surface area contributed by atoms with Gasteiger partial charge in [-0.1, -0.05) is 12.1 Å². The Kier molecular flexibility index (Phi) is 2.62. The average molecular weight is 223 g/mol. The van der Waals surface area contributed by atoms with Crippen molar-refractivity contribution < 1.29 is 19.1 Å². The first-order valence-corrected chi connectivity index (χ1v) is 4.71. The van der Waals surface area contributed by atoms with Gasteiger partial charge < -0.3 is 9.94 Å². The van der Waals surface area contributed by atoms with Crippen LogP contribution in [0.3, 0.4) is 0 Å². The van der Waals surface area contributed by atoms with Gasteiger partial charge in [0.05, 0.1) is 0 Å². The van der Waals surface area contributed by atoms with Crippen LogP contribution < -0.4 is 5.48 Å². The molecule has 1 aliphatic rings. The van der Waals surface area contributed by atoms with Gasteiger partial charge in [0.1, 0.15) is 12.1 Å². The standard InChI is InChI=1S/C11H10FNO3/c12-9-3-1-2-8(6-9)7-11(10(14)15)4-5-16-13-11/h1-6,13H,7H2,(H,14,15). The highest BCUT2D eigenvalue weighted by atomic mass is 19.1. The number of aliphatic carboxylic acids is 1. The molecule has 0 spiro atoms. The largest absolute Gasteiger partial charge is 0.480 e. The van der Waals surface area contributed by atoms with Crippen molar-refractivity contribution in [2.75, 3.05) is 0 Å². The maximum absolute atomic E-state index is 12.9. The van der Waals surface area contributed by atoms with Crippen molar-refractivity contribution in [2.45, 2.75) is 12.0 Å². The van der Waals surface area contributed by atoms with E-state index in [2.05, 4.69) is 5.48 Å². The van der Waals surface area contributed by atoms with Crippen molar-refractivity contribution in [1.29, 1.82) is 0 Å². The number of nitrogens with one attached hydrogen (secondary N) is 1. The summed E-state index contributed by atoms with van der Waals surface area (Å²) in [5, 5.41) is 9.11. The monoisotopic (exact) mass is 223 g/mol. The molecule has 0 radical (unpaired) electrons. The molecule has 1 aromatic carbocycles. The first-order chi connectivity index (χ1) is 7.62. The molecule has 0 aliphatic carbocycles. The molecule has 0 amide bonds. The molecule has 16 heavy (non-hydrogen) atoms. The van der Waals surface area contributed by atoms with E-state index in [1.54, 1.807) is 12.1 Å². The fourth-order valence-electron chi connectivity index (χ4n) is 1.58. The van der Waals surface area contributed by atoms with Crippen molar-refractivity contribution >= 4 is 5.97 Å². The van der Waals surface area contributed by atoms with E-state index in [1.165, 1.54) is 24.5 Å². The molecule has 0 fully saturated rings. The number of carboxylic acids is 1. The highest BCUT2D eigenvalue weighted by Gasteiger charge is 2.40. The van der Waals surface area contributed by atoms with E-state index < -0.39 is 11.5 Å². The van der Waals surface area contributed by atoms with Crippen molar-refractivity contribution in [1.82, 2.24) is 5.48 Å². The summed E-state index contributed by atoms with van der Waals surface area (Å²) in [5.41, 5.74) is 1.68. The van der Waals surface area contributed by atoms with Crippen LogP contribution in [0.15, 0.2) is 36.6 Å². The van der Waals surface area contributed by atoms with E-state index in [1.807, 2.05) is 0 Å². The van der Waals surface area contributed by atoms with Gasteiger partial charge in [0.2, 0.25) is 0 Å². The minimum absolute atomic E-state index is 0.122. The SMILES string of the molecule is O=C(O)C1(Cc2cccc(F)c2)C=CON1. The second kappa shape index (κ2) is 3.94. The van der Waals surface area contributed by atoms with Crippen LogP contribution in [-0.4, -0.2) is 16.6 Å². The summed E-state index contributed by atoms with van der Waals surface area (Å²) in [4.78, 5) is 15.8. The molecule has 1 unspecified atom stereocenters. The number of carbonyl (C=O) groups is 1. The van der Waals surface area contributed by atoms with Gasteiger partial charge in [-0.05, 0) is 23.8 Å². The molecule has 1 aromatic rings. The highest BCUT2D eigenvalue weighted by Crippen LogP contribution is 2.20. The Morgan fingerprint density at radius 3 is 2.94 bits per heavy atom. The Labute approximate surface area is 91.3 Å². The molecule has 0 saturated heterocycles. The third-order valence-electron chi connectivity index (χ3n) is 2.42. The average Bonchev–Trinajstić information content (AvgIpc) is 2.67. The highest BCUT2D eigenvalue weighted by molar-refractivity contribution is 5.82. The summed E-state index contributed by atoms with van der Waals surface area (Å²) < 4.78 is 12.9. The maximum Gasteiger partial charge on any atom is 0.331 e. The second-order valence-corrected chi connectivity index (χ2v) is 3.61. The van der Waals surface area contributed by atoms with Crippen LogP contribution in [0, 0.1) is 5.82 Å². The van der Waals surface area contributed by atoms with E-state index >= 15 is 0 Å². The lowest BCUT2D eigenvalue weighted by Crippen LogP contribution is -2.48. The molecule has 4 nitrogen and oxygen atoms in total. The lowest BCUT2D eigenvalue weighted by molar-refractivity contribution is -0.145. The van der Waals surface area contributed by atoms with E-state index in [9.17, 15) is 9.18 Å². The minimum Gasteiger partial charge on any atom is -0.480 e. The molecular formula is C11H10FNO3. The van der Waals surface area contributed by atoms with Gasteiger partial charge in [-0.2, -0.15) is 0 Å². The maximum atomic E-state index is 12.9. The van der Waals surface area contributed by atoms with Crippen LogP contribution in [0.1, 0.15) is 5.56 Å². The molecule has 1 atom stereocenters. The summed E-state index contributed by atoms with van der Waals surface area (Å²) in [5.74, 6) is -1.45. The molecule has 2 rings (SSSR count). The second-order valence-electron chi connectivity index (χ2n) is 3.61. The lowest BCUT2D eigenvalue weighted by Gasteiger charge is -2.20. The summed E-state index contributed by atoms with van der Waals surface area (Å²) >= 11 is 0. The normalized spacial score (nSPS) is 23.1. The summed E-state index contributed by atoms with van der Waals surface area (Å²) in [6.07, 6.45) is 2.80. The molecule has 5 heteroatoms. The topological polar surface area (TPSA) is 58.6 Å². The number of hydrogen-bond donors (Lipinski definition) is 2. The fourth-order valence-corrected chi connectivity index (χ4v) is 1.58. The fraction of sp³-hybridized carbons (Fsp3) is 0.182. The zero-order chi connectivity index (χ0) is 11.6. The Morgan fingerprint density at radius 2 is 2.38 bits per heavy atom. The van der Waals surface area contributed by atoms with Gasteiger partial charge >= 0.3 is 5.97 Å². The van der Waals surface area contributed by atoms with Gasteiger partial charge in [0, 0.05) is 6.42 Å². The lowest BCUT2D eigenvalue weighted by atomic mass is 9.92. The number of hydrogen-bond acceptors (Lipinski definition) is 3. The Morgan fingerprint density at radius 1 is 1.56 bits per heavy atom.